The Bertz CT molecular complexity index is 1200. The van der Waals surface area contributed by atoms with Crippen molar-refractivity contribution in [1.29, 1.82) is 0 Å². The van der Waals surface area contributed by atoms with Gasteiger partial charge in [0.05, 0.1) is 5.41 Å². The van der Waals surface area contributed by atoms with Crippen molar-refractivity contribution in [2.24, 2.45) is 51.2 Å². The van der Waals surface area contributed by atoms with Crippen LogP contribution in [0.4, 0.5) is 0 Å². The molecule has 40 heavy (non-hydrogen) atoms. The van der Waals surface area contributed by atoms with Crippen molar-refractivity contribution in [2.75, 3.05) is 6.26 Å². The molecule has 0 aliphatic heterocycles. The summed E-state index contributed by atoms with van der Waals surface area (Å²) in [6, 6.07) is 8.45. The predicted octanol–water partition coefficient (Wildman–Crippen LogP) is 9.16. The van der Waals surface area contributed by atoms with Crippen LogP contribution in [-0.4, -0.2) is 21.5 Å². The average molecular weight is 565 g/mol. The maximum atomic E-state index is 12.5. The van der Waals surface area contributed by atoms with Gasteiger partial charge in [0.15, 0.2) is 0 Å². The molecular formula is C36H52O3S. The van der Waals surface area contributed by atoms with Gasteiger partial charge in [-0.3, -0.25) is 9.00 Å². The van der Waals surface area contributed by atoms with E-state index in [0.29, 0.717) is 35.0 Å². The molecule has 1 N–H and O–H groups in total. The Kier molecular flexibility index (Phi) is 7.86. The van der Waals surface area contributed by atoms with E-state index in [-0.39, 0.29) is 10.8 Å². The lowest BCUT2D eigenvalue weighted by Gasteiger charge is -2.68. The van der Waals surface area contributed by atoms with Crippen LogP contribution in [0.5, 0.6) is 0 Å². The lowest BCUT2D eigenvalue weighted by atomic mass is 9.36. The van der Waals surface area contributed by atoms with Crippen molar-refractivity contribution in [3.8, 4) is 0 Å². The first-order valence-electron chi connectivity index (χ1n) is 15.8. The molecule has 5 aliphatic carbocycles. The SMILES string of the molecule is C=CC.CS(=O)c1ccc(C2=CCC3(C)C(CCC4(C)C5CCC6(C(=O)O)CCCC6C5CCC43)C2(C)C)cc1. The minimum absolute atomic E-state index is 0.0918. The summed E-state index contributed by atoms with van der Waals surface area (Å²) in [6.07, 6.45) is 17.4. The summed E-state index contributed by atoms with van der Waals surface area (Å²) in [5, 5.41) is 10.3. The zero-order valence-electron chi connectivity index (χ0n) is 25.8. The Labute approximate surface area is 245 Å². The van der Waals surface area contributed by atoms with Crippen molar-refractivity contribution in [1.82, 2.24) is 0 Å². The number of rotatable bonds is 3. The van der Waals surface area contributed by atoms with Crippen molar-refractivity contribution in [2.45, 2.75) is 104 Å². The van der Waals surface area contributed by atoms with Gasteiger partial charge < -0.3 is 5.11 Å². The van der Waals surface area contributed by atoms with Crippen LogP contribution in [0.1, 0.15) is 104 Å². The Morgan fingerprint density at radius 1 is 0.925 bits per heavy atom. The van der Waals surface area contributed by atoms with Gasteiger partial charge in [0.2, 0.25) is 0 Å². The molecule has 0 saturated heterocycles. The number of carbonyl (C=O) groups is 1. The van der Waals surface area contributed by atoms with Crippen LogP contribution in [0.3, 0.4) is 0 Å². The van der Waals surface area contributed by atoms with Crippen LogP contribution in [0.2, 0.25) is 0 Å². The van der Waals surface area contributed by atoms with E-state index in [4.69, 9.17) is 0 Å². The number of hydrogen-bond donors (Lipinski definition) is 1. The highest BCUT2D eigenvalue weighted by Crippen LogP contribution is 2.73. The second-order valence-corrected chi connectivity index (χ2v) is 16.3. The monoisotopic (exact) mass is 564 g/mol. The van der Waals surface area contributed by atoms with Crippen molar-refractivity contribution < 1.29 is 14.1 Å². The Balaban J connectivity index is 0.00000103. The summed E-state index contributed by atoms with van der Waals surface area (Å²) in [4.78, 5) is 13.4. The van der Waals surface area contributed by atoms with Crippen LogP contribution >= 0.6 is 0 Å². The Morgan fingerprint density at radius 2 is 1.60 bits per heavy atom. The van der Waals surface area contributed by atoms with Gasteiger partial charge in [-0.05, 0) is 134 Å². The van der Waals surface area contributed by atoms with Gasteiger partial charge in [-0.15, -0.1) is 6.58 Å². The van der Waals surface area contributed by atoms with Crippen LogP contribution < -0.4 is 0 Å². The molecule has 220 valence electrons. The maximum Gasteiger partial charge on any atom is 0.309 e. The largest absolute Gasteiger partial charge is 0.481 e. The molecule has 4 heteroatoms. The first-order chi connectivity index (χ1) is 18.9. The topological polar surface area (TPSA) is 54.4 Å². The van der Waals surface area contributed by atoms with Gasteiger partial charge in [-0.1, -0.05) is 58.4 Å². The number of allylic oxidation sites excluding steroid dienone is 3. The molecule has 0 radical (unpaired) electrons. The number of aliphatic carboxylic acids is 1. The highest BCUT2D eigenvalue weighted by Gasteiger charge is 2.66. The standard InChI is InChI=1S/C33H46O3S.C3H6/c1-30(2)24(21-8-10-22(11-9-21)37(5)36)14-18-32(4)27(30)16-19-31(3)25-15-20-33(29(34)35)17-6-7-26(33)23(25)12-13-28(31)32;1-3-2/h8-11,14,23,25-28H,6-7,12-13,15-20H2,1-5H3,(H,34,35);3H,1H2,2H3. The Hall–Kier alpha value is -1.68. The molecule has 3 nitrogen and oxygen atoms in total. The molecular weight excluding hydrogens is 512 g/mol. The molecule has 6 rings (SSSR count). The van der Waals surface area contributed by atoms with Crippen LogP contribution in [0.15, 0.2) is 47.9 Å². The quantitative estimate of drug-likeness (QED) is 0.372. The third-order valence-corrected chi connectivity index (χ3v) is 13.9. The zero-order valence-corrected chi connectivity index (χ0v) is 26.6. The van der Waals surface area contributed by atoms with Gasteiger partial charge in [-0.2, -0.15) is 0 Å². The molecule has 0 spiro atoms. The summed E-state index contributed by atoms with van der Waals surface area (Å²) >= 11 is 0. The maximum absolute atomic E-state index is 12.5. The molecule has 1 aromatic carbocycles. The molecule has 0 heterocycles. The van der Waals surface area contributed by atoms with E-state index in [9.17, 15) is 14.1 Å². The highest BCUT2D eigenvalue weighted by atomic mass is 32.2. The minimum atomic E-state index is -0.947. The second kappa shape index (κ2) is 10.5. The summed E-state index contributed by atoms with van der Waals surface area (Å²) in [5.41, 5.74) is 3.04. The van der Waals surface area contributed by atoms with Crippen LogP contribution in [0, 0.1) is 51.2 Å². The normalized spacial score (nSPS) is 42.0. The highest BCUT2D eigenvalue weighted by molar-refractivity contribution is 7.84. The summed E-state index contributed by atoms with van der Waals surface area (Å²) < 4.78 is 11.9. The second-order valence-electron chi connectivity index (χ2n) is 14.9. The van der Waals surface area contributed by atoms with Crippen molar-refractivity contribution in [3.63, 3.8) is 0 Å². The third kappa shape index (κ3) is 4.33. The molecule has 9 atom stereocenters. The number of benzene rings is 1. The molecule has 0 bridgehead atoms. The molecule has 1 aromatic rings. The molecule has 5 aliphatic rings. The fourth-order valence-corrected chi connectivity index (χ4v) is 12.0. The van der Waals surface area contributed by atoms with Gasteiger partial charge in [-0.25, -0.2) is 0 Å². The average Bonchev–Trinajstić information content (AvgIpc) is 3.35. The van der Waals surface area contributed by atoms with E-state index in [0.717, 1.165) is 43.4 Å². The van der Waals surface area contributed by atoms with E-state index in [1.165, 1.54) is 36.8 Å². The molecule has 0 aromatic heterocycles. The van der Waals surface area contributed by atoms with Crippen molar-refractivity contribution >= 4 is 22.3 Å². The molecule has 4 fully saturated rings. The van der Waals surface area contributed by atoms with E-state index in [2.05, 4.69) is 52.5 Å². The Morgan fingerprint density at radius 3 is 2.23 bits per heavy atom. The van der Waals surface area contributed by atoms with Gasteiger partial charge in [0.1, 0.15) is 0 Å². The molecule has 0 amide bonds. The number of hydrogen-bond acceptors (Lipinski definition) is 2. The lowest BCUT2D eigenvalue weighted by molar-refractivity contribution is -0.187. The smallest absolute Gasteiger partial charge is 0.309 e. The third-order valence-electron chi connectivity index (χ3n) is 13.0. The van der Waals surface area contributed by atoms with E-state index < -0.39 is 22.2 Å². The fourth-order valence-electron chi connectivity index (χ4n) is 11.5. The lowest BCUT2D eigenvalue weighted by Crippen LogP contribution is -2.61. The van der Waals surface area contributed by atoms with Gasteiger partial charge in [0.25, 0.3) is 0 Å². The number of fused-ring (bicyclic) bond motifs is 7. The molecule has 4 saturated carbocycles. The summed E-state index contributed by atoms with van der Waals surface area (Å²) in [7, 11) is -0.947. The minimum Gasteiger partial charge on any atom is -0.481 e. The van der Waals surface area contributed by atoms with E-state index in [1.807, 2.05) is 19.1 Å². The number of carboxylic acids is 1. The first-order valence-corrected chi connectivity index (χ1v) is 17.4. The van der Waals surface area contributed by atoms with E-state index in [1.54, 1.807) is 12.3 Å². The van der Waals surface area contributed by atoms with E-state index >= 15 is 0 Å². The van der Waals surface area contributed by atoms with Crippen LogP contribution in [0.25, 0.3) is 5.57 Å². The summed E-state index contributed by atoms with van der Waals surface area (Å²) in [5.74, 6) is 2.56. The van der Waals surface area contributed by atoms with Crippen molar-refractivity contribution in [3.05, 3.63) is 48.6 Å². The van der Waals surface area contributed by atoms with Gasteiger partial charge in [0, 0.05) is 22.0 Å². The van der Waals surface area contributed by atoms with Gasteiger partial charge >= 0.3 is 5.97 Å². The van der Waals surface area contributed by atoms with Crippen LogP contribution in [-0.2, 0) is 15.6 Å². The summed E-state index contributed by atoms with van der Waals surface area (Å²) in [6.45, 7) is 15.4. The predicted molar refractivity (Wildman–Crippen MR) is 166 cm³/mol. The number of carboxylic acid groups (broad SMARTS) is 1. The first kappa shape index (κ1) is 29.8. The zero-order chi connectivity index (χ0) is 29.1. The fraction of sp³-hybridized carbons (Fsp3) is 0.694. The molecule has 9 unspecified atom stereocenters.